The highest BCUT2D eigenvalue weighted by Gasteiger charge is 2.35. The Labute approximate surface area is 113 Å². The summed E-state index contributed by atoms with van der Waals surface area (Å²) in [7, 11) is 0. The van der Waals surface area contributed by atoms with E-state index in [0.29, 0.717) is 6.54 Å². The molecule has 0 bridgehead atoms. The van der Waals surface area contributed by atoms with Gasteiger partial charge in [-0.1, -0.05) is 24.3 Å². The number of hydrogen-bond donors (Lipinski definition) is 0. The van der Waals surface area contributed by atoms with Crippen LogP contribution in [0.2, 0.25) is 0 Å². The predicted octanol–water partition coefficient (Wildman–Crippen LogP) is 3.49. The minimum atomic E-state index is -4.53. The van der Waals surface area contributed by atoms with Gasteiger partial charge in [-0.05, 0) is 23.3 Å². The average molecular weight is 277 g/mol. The Hall–Kier alpha value is -2.37. The van der Waals surface area contributed by atoms with E-state index in [9.17, 15) is 13.2 Å². The summed E-state index contributed by atoms with van der Waals surface area (Å²) in [6, 6.07) is 9.19. The third-order valence-corrected chi connectivity index (χ3v) is 3.02. The van der Waals surface area contributed by atoms with Crippen molar-refractivity contribution in [2.24, 2.45) is 0 Å². The van der Waals surface area contributed by atoms with Crippen molar-refractivity contribution in [1.29, 1.82) is 0 Å². The lowest BCUT2D eigenvalue weighted by atomic mass is 10.0. The standard InChI is InChI=1S/C14H10F3N3/c15-14(16,17)13-18-7-5-12(19-13)20-8-6-10-3-1-2-4-11(10)9-20/h1-8H,9H2. The smallest absolute Gasteiger partial charge is 0.328 e. The zero-order valence-corrected chi connectivity index (χ0v) is 10.3. The number of benzene rings is 1. The van der Waals surface area contributed by atoms with Crippen molar-refractivity contribution < 1.29 is 13.2 Å². The Bertz CT molecular complexity index is 665. The first kappa shape index (κ1) is 12.7. The van der Waals surface area contributed by atoms with Crippen molar-refractivity contribution in [2.75, 3.05) is 4.90 Å². The molecule has 20 heavy (non-hydrogen) atoms. The molecular formula is C14H10F3N3. The molecule has 6 heteroatoms. The molecule has 1 aliphatic rings. The van der Waals surface area contributed by atoms with E-state index in [1.807, 2.05) is 30.3 Å². The van der Waals surface area contributed by atoms with Gasteiger partial charge in [-0.25, -0.2) is 9.97 Å². The maximum Gasteiger partial charge on any atom is 0.451 e. The van der Waals surface area contributed by atoms with Gasteiger partial charge in [-0.3, -0.25) is 0 Å². The molecule has 3 rings (SSSR count). The summed E-state index contributed by atoms with van der Waals surface area (Å²) in [5, 5.41) is 0. The van der Waals surface area contributed by atoms with Crippen molar-refractivity contribution in [3.63, 3.8) is 0 Å². The highest BCUT2D eigenvalue weighted by molar-refractivity contribution is 5.62. The van der Waals surface area contributed by atoms with Gasteiger partial charge < -0.3 is 4.90 Å². The monoisotopic (exact) mass is 277 g/mol. The molecule has 0 amide bonds. The third kappa shape index (κ3) is 2.36. The molecule has 0 atom stereocenters. The molecule has 1 aromatic heterocycles. The molecule has 0 saturated carbocycles. The second-order valence-corrected chi connectivity index (χ2v) is 4.38. The van der Waals surface area contributed by atoms with Gasteiger partial charge in [0.05, 0.1) is 0 Å². The molecule has 0 saturated heterocycles. The summed E-state index contributed by atoms with van der Waals surface area (Å²) in [5.41, 5.74) is 2.11. The topological polar surface area (TPSA) is 29.0 Å². The van der Waals surface area contributed by atoms with Crippen LogP contribution in [0.25, 0.3) is 6.08 Å². The van der Waals surface area contributed by atoms with Gasteiger partial charge in [0.25, 0.3) is 0 Å². The number of anilines is 1. The van der Waals surface area contributed by atoms with Crippen molar-refractivity contribution >= 4 is 11.9 Å². The maximum atomic E-state index is 12.6. The molecule has 0 spiro atoms. The largest absolute Gasteiger partial charge is 0.451 e. The van der Waals surface area contributed by atoms with Gasteiger partial charge in [-0.15, -0.1) is 0 Å². The van der Waals surface area contributed by atoms with E-state index in [4.69, 9.17) is 0 Å². The summed E-state index contributed by atoms with van der Waals surface area (Å²) >= 11 is 0. The fraction of sp³-hybridized carbons (Fsp3) is 0.143. The van der Waals surface area contributed by atoms with Crippen LogP contribution in [-0.2, 0) is 12.7 Å². The predicted molar refractivity (Wildman–Crippen MR) is 68.7 cm³/mol. The molecule has 0 fully saturated rings. The van der Waals surface area contributed by atoms with Gasteiger partial charge in [0.1, 0.15) is 5.82 Å². The van der Waals surface area contributed by atoms with Crippen LogP contribution in [0.15, 0.2) is 42.7 Å². The molecule has 0 radical (unpaired) electrons. The van der Waals surface area contributed by atoms with E-state index in [1.54, 1.807) is 11.1 Å². The molecule has 1 aromatic carbocycles. The van der Waals surface area contributed by atoms with Gasteiger partial charge >= 0.3 is 6.18 Å². The van der Waals surface area contributed by atoms with Gasteiger partial charge in [0, 0.05) is 18.9 Å². The normalized spacial score (nSPS) is 14.2. The van der Waals surface area contributed by atoms with Gasteiger partial charge in [0.2, 0.25) is 5.82 Å². The van der Waals surface area contributed by atoms with Crippen LogP contribution in [0, 0.1) is 0 Å². The van der Waals surface area contributed by atoms with Crippen LogP contribution in [0.4, 0.5) is 19.0 Å². The van der Waals surface area contributed by atoms with Crippen LogP contribution >= 0.6 is 0 Å². The third-order valence-electron chi connectivity index (χ3n) is 3.02. The molecule has 102 valence electrons. The lowest BCUT2D eigenvalue weighted by molar-refractivity contribution is -0.144. The second-order valence-electron chi connectivity index (χ2n) is 4.38. The van der Waals surface area contributed by atoms with E-state index < -0.39 is 12.0 Å². The summed E-state index contributed by atoms with van der Waals surface area (Å²) in [6.07, 6.45) is 0.173. The molecule has 2 aromatic rings. The van der Waals surface area contributed by atoms with E-state index in [2.05, 4.69) is 9.97 Å². The van der Waals surface area contributed by atoms with E-state index in [-0.39, 0.29) is 5.82 Å². The van der Waals surface area contributed by atoms with Crippen molar-refractivity contribution in [3.8, 4) is 0 Å². The second kappa shape index (κ2) is 4.63. The van der Waals surface area contributed by atoms with E-state index in [1.165, 1.54) is 6.07 Å². The molecule has 3 nitrogen and oxygen atoms in total. The van der Waals surface area contributed by atoms with Crippen LogP contribution in [0.5, 0.6) is 0 Å². The Kier molecular flexibility index (Phi) is 2.93. The number of rotatable bonds is 1. The van der Waals surface area contributed by atoms with Crippen molar-refractivity contribution in [3.05, 3.63) is 59.7 Å². The summed E-state index contributed by atoms with van der Waals surface area (Å²) < 4.78 is 37.8. The summed E-state index contributed by atoms with van der Waals surface area (Å²) in [5.74, 6) is -0.889. The number of hydrogen-bond acceptors (Lipinski definition) is 3. The van der Waals surface area contributed by atoms with Crippen molar-refractivity contribution in [2.45, 2.75) is 12.7 Å². The first-order valence-electron chi connectivity index (χ1n) is 5.97. The molecule has 1 aliphatic heterocycles. The Morgan fingerprint density at radius 3 is 2.70 bits per heavy atom. The lowest BCUT2D eigenvalue weighted by Crippen LogP contribution is -2.22. The number of halogens is 3. The number of fused-ring (bicyclic) bond motifs is 1. The van der Waals surface area contributed by atoms with E-state index >= 15 is 0 Å². The molecule has 2 heterocycles. The highest BCUT2D eigenvalue weighted by atomic mass is 19.4. The number of nitrogens with zero attached hydrogens (tertiary/aromatic N) is 3. The Morgan fingerprint density at radius 1 is 1.10 bits per heavy atom. The van der Waals surface area contributed by atoms with Crippen molar-refractivity contribution in [1.82, 2.24) is 9.97 Å². The zero-order chi connectivity index (χ0) is 14.2. The minimum absolute atomic E-state index is 0.234. The maximum absolute atomic E-state index is 12.6. The van der Waals surface area contributed by atoms with Crippen LogP contribution in [0.1, 0.15) is 17.0 Å². The lowest BCUT2D eigenvalue weighted by Gasteiger charge is -2.24. The zero-order valence-electron chi connectivity index (χ0n) is 10.3. The SMILES string of the molecule is FC(F)(F)c1nccc(N2C=Cc3ccccc3C2)n1. The summed E-state index contributed by atoms with van der Waals surface area (Å²) in [4.78, 5) is 8.51. The molecule has 0 N–H and O–H groups in total. The Morgan fingerprint density at radius 2 is 1.90 bits per heavy atom. The first-order chi connectivity index (χ1) is 9.54. The number of alkyl halides is 3. The number of aromatic nitrogens is 2. The fourth-order valence-electron chi connectivity index (χ4n) is 2.05. The van der Waals surface area contributed by atoms with Crippen LogP contribution < -0.4 is 4.90 Å². The highest BCUT2D eigenvalue weighted by Crippen LogP contribution is 2.28. The van der Waals surface area contributed by atoms with Gasteiger partial charge in [0.15, 0.2) is 0 Å². The quantitative estimate of drug-likeness (QED) is 0.799. The Balaban J connectivity index is 1.93. The van der Waals surface area contributed by atoms with E-state index in [0.717, 1.165) is 17.3 Å². The minimum Gasteiger partial charge on any atom is -0.328 e. The van der Waals surface area contributed by atoms with Gasteiger partial charge in [-0.2, -0.15) is 13.2 Å². The average Bonchev–Trinajstić information content (AvgIpc) is 2.46. The molecular weight excluding hydrogens is 267 g/mol. The first-order valence-corrected chi connectivity index (χ1v) is 5.97. The van der Waals surface area contributed by atoms with Crippen LogP contribution in [0.3, 0.4) is 0 Å². The molecule has 0 aliphatic carbocycles. The summed E-state index contributed by atoms with van der Waals surface area (Å²) in [6.45, 7) is 0.487. The van der Waals surface area contributed by atoms with Crippen LogP contribution in [-0.4, -0.2) is 9.97 Å². The molecule has 0 unspecified atom stereocenters. The fourth-order valence-corrected chi connectivity index (χ4v) is 2.05.